The zero-order valence-corrected chi connectivity index (χ0v) is 13.6. The fourth-order valence-electron chi connectivity index (χ4n) is 2.89. The average molecular weight is 358 g/mol. The monoisotopic (exact) mass is 357 g/mol. The zero-order chi connectivity index (χ0) is 16.6. The summed E-state index contributed by atoms with van der Waals surface area (Å²) in [5.41, 5.74) is 0.673. The van der Waals surface area contributed by atoms with Crippen LogP contribution in [0.5, 0.6) is 0 Å². The van der Waals surface area contributed by atoms with Gasteiger partial charge in [-0.2, -0.15) is 4.31 Å². The highest BCUT2D eigenvalue weighted by molar-refractivity contribution is 7.89. The van der Waals surface area contributed by atoms with Gasteiger partial charge < -0.3 is 0 Å². The van der Waals surface area contributed by atoms with Crippen LogP contribution in [0.15, 0.2) is 47.4 Å². The van der Waals surface area contributed by atoms with E-state index >= 15 is 0 Å². The quantitative estimate of drug-likeness (QED) is 0.827. The van der Waals surface area contributed by atoms with Crippen LogP contribution in [0.25, 0.3) is 0 Å². The first kappa shape index (κ1) is 16.4. The third-order valence-electron chi connectivity index (χ3n) is 3.95. The van der Waals surface area contributed by atoms with Crippen molar-refractivity contribution in [2.75, 3.05) is 6.54 Å². The van der Waals surface area contributed by atoms with Crippen molar-refractivity contribution in [3.8, 4) is 0 Å². The lowest BCUT2D eigenvalue weighted by atomic mass is 10.1. The van der Waals surface area contributed by atoms with Crippen LogP contribution in [-0.2, 0) is 10.0 Å². The number of hydrogen-bond acceptors (Lipinski definition) is 2. The van der Waals surface area contributed by atoms with E-state index in [0.29, 0.717) is 29.5 Å². The number of nitrogens with zero attached hydrogens (tertiary/aromatic N) is 1. The minimum Gasteiger partial charge on any atom is -0.207 e. The summed E-state index contributed by atoms with van der Waals surface area (Å²) in [6.45, 7) is 0.244. The van der Waals surface area contributed by atoms with Crippen molar-refractivity contribution >= 4 is 21.6 Å². The predicted octanol–water partition coefficient (Wildman–Crippen LogP) is 4.14. The molecule has 2 aromatic carbocycles. The number of hydrogen-bond donors (Lipinski definition) is 0. The molecule has 0 unspecified atom stereocenters. The Morgan fingerprint density at radius 3 is 2.61 bits per heavy atom. The van der Waals surface area contributed by atoms with E-state index in [1.54, 1.807) is 24.3 Å². The maximum Gasteiger partial charge on any atom is 0.246 e. The second kappa shape index (κ2) is 6.19. The Labute approximate surface area is 138 Å². The van der Waals surface area contributed by atoms with E-state index in [4.69, 9.17) is 11.6 Å². The summed E-state index contributed by atoms with van der Waals surface area (Å²) in [5.74, 6) is -1.75. The van der Waals surface area contributed by atoms with Crippen molar-refractivity contribution in [2.24, 2.45) is 0 Å². The standard InChI is InChI=1S/C16H14ClF2NO2S/c17-13-5-2-1-4-12(13)15-6-3-9-20(15)23(21,22)16-10-11(18)7-8-14(16)19/h1-2,4-5,7-8,10,15H,3,6,9H2/t15-/m0/s1. The van der Waals surface area contributed by atoms with Crippen molar-refractivity contribution in [3.63, 3.8) is 0 Å². The second-order valence-corrected chi connectivity index (χ2v) is 7.64. The Morgan fingerprint density at radius 2 is 1.87 bits per heavy atom. The van der Waals surface area contributed by atoms with Gasteiger partial charge in [0.1, 0.15) is 16.5 Å². The van der Waals surface area contributed by atoms with Crippen molar-refractivity contribution in [1.29, 1.82) is 0 Å². The van der Waals surface area contributed by atoms with E-state index in [9.17, 15) is 17.2 Å². The molecule has 23 heavy (non-hydrogen) atoms. The molecular formula is C16H14ClF2NO2S. The van der Waals surface area contributed by atoms with Gasteiger partial charge in [-0.1, -0.05) is 29.8 Å². The van der Waals surface area contributed by atoms with Crippen molar-refractivity contribution in [3.05, 3.63) is 64.7 Å². The smallest absolute Gasteiger partial charge is 0.207 e. The van der Waals surface area contributed by atoms with Gasteiger partial charge in [0.15, 0.2) is 0 Å². The van der Waals surface area contributed by atoms with E-state index in [0.717, 1.165) is 12.1 Å². The van der Waals surface area contributed by atoms with Gasteiger partial charge in [0, 0.05) is 11.6 Å². The van der Waals surface area contributed by atoms with Crippen LogP contribution in [0.3, 0.4) is 0 Å². The highest BCUT2D eigenvalue weighted by atomic mass is 35.5. The molecule has 0 amide bonds. The van der Waals surface area contributed by atoms with Gasteiger partial charge in [0.25, 0.3) is 0 Å². The van der Waals surface area contributed by atoms with E-state index in [1.807, 2.05) is 0 Å². The molecule has 1 aliphatic rings. The van der Waals surface area contributed by atoms with Crippen molar-refractivity contribution in [2.45, 2.75) is 23.8 Å². The van der Waals surface area contributed by atoms with Gasteiger partial charge in [-0.05, 0) is 42.7 Å². The normalized spacial score (nSPS) is 19.2. The maximum absolute atomic E-state index is 13.9. The summed E-state index contributed by atoms with van der Waals surface area (Å²) in [4.78, 5) is -0.642. The lowest BCUT2D eigenvalue weighted by Crippen LogP contribution is -2.31. The largest absolute Gasteiger partial charge is 0.246 e. The molecule has 0 aliphatic carbocycles. The fourth-order valence-corrected chi connectivity index (χ4v) is 4.90. The number of benzene rings is 2. The summed E-state index contributed by atoms with van der Waals surface area (Å²) >= 11 is 6.17. The molecule has 1 fully saturated rings. The molecule has 1 heterocycles. The molecule has 0 spiro atoms. The van der Waals surface area contributed by atoms with Crippen LogP contribution in [0.4, 0.5) is 8.78 Å². The minimum atomic E-state index is -4.15. The maximum atomic E-state index is 13.9. The van der Waals surface area contributed by atoms with Crippen LogP contribution in [0, 0.1) is 11.6 Å². The van der Waals surface area contributed by atoms with Crippen LogP contribution < -0.4 is 0 Å². The molecule has 0 radical (unpaired) electrons. The van der Waals surface area contributed by atoms with Crippen LogP contribution >= 0.6 is 11.6 Å². The molecule has 0 N–H and O–H groups in total. The number of rotatable bonds is 3. The van der Waals surface area contributed by atoms with Gasteiger partial charge in [-0.15, -0.1) is 0 Å². The van der Waals surface area contributed by atoms with Gasteiger partial charge in [-0.25, -0.2) is 17.2 Å². The van der Waals surface area contributed by atoms with Gasteiger partial charge in [0.2, 0.25) is 10.0 Å². The first-order chi connectivity index (χ1) is 10.9. The first-order valence-electron chi connectivity index (χ1n) is 7.12. The summed E-state index contributed by atoms with van der Waals surface area (Å²) in [7, 11) is -4.15. The molecule has 1 saturated heterocycles. The molecule has 3 nitrogen and oxygen atoms in total. The van der Waals surface area contributed by atoms with E-state index in [1.165, 1.54) is 4.31 Å². The van der Waals surface area contributed by atoms with Crippen LogP contribution in [0.1, 0.15) is 24.4 Å². The van der Waals surface area contributed by atoms with E-state index < -0.39 is 32.6 Å². The molecule has 7 heteroatoms. The highest BCUT2D eigenvalue weighted by Gasteiger charge is 2.38. The first-order valence-corrected chi connectivity index (χ1v) is 8.94. The third kappa shape index (κ3) is 2.98. The van der Waals surface area contributed by atoms with Crippen LogP contribution in [-0.4, -0.2) is 19.3 Å². The number of sulfonamides is 1. The molecule has 1 atom stereocenters. The molecule has 0 aromatic heterocycles. The molecule has 1 aliphatic heterocycles. The average Bonchev–Trinajstić information content (AvgIpc) is 3.00. The minimum absolute atomic E-state index is 0.244. The summed E-state index contributed by atoms with van der Waals surface area (Å²) in [6.07, 6.45) is 1.21. The van der Waals surface area contributed by atoms with Crippen LogP contribution in [0.2, 0.25) is 5.02 Å². The Hall–Kier alpha value is -1.50. The topological polar surface area (TPSA) is 37.4 Å². The lowest BCUT2D eigenvalue weighted by Gasteiger charge is -2.25. The Kier molecular flexibility index (Phi) is 4.40. The van der Waals surface area contributed by atoms with E-state index in [-0.39, 0.29) is 6.54 Å². The highest BCUT2D eigenvalue weighted by Crippen LogP contribution is 2.39. The van der Waals surface area contributed by atoms with Gasteiger partial charge in [-0.3, -0.25) is 0 Å². The Morgan fingerprint density at radius 1 is 1.13 bits per heavy atom. The summed E-state index contributed by atoms with van der Waals surface area (Å²) in [5, 5.41) is 0.458. The Balaban J connectivity index is 2.05. The number of halogens is 3. The molecular weight excluding hydrogens is 344 g/mol. The molecule has 2 aromatic rings. The second-order valence-electron chi connectivity index (χ2n) is 5.37. The molecule has 0 bridgehead atoms. The van der Waals surface area contributed by atoms with Crippen molar-refractivity contribution < 1.29 is 17.2 Å². The molecule has 122 valence electrons. The molecule has 0 saturated carbocycles. The van der Waals surface area contributed by atoms with Gasteiger partial charge >= 0.3 is 0 Å². The zero-order valence-electron chi connectivity index (χ0n) is 12.0. The third-order valence-corrected chi connectivity index (χ3v) is 6.22. The predicted molar refractivity (Wildman–Crippen MR) is 83.7 cm³/mol. The van der Waals surface area contributed by atoms with Gasteiger partial charge in [0.05, 0.1) is 6.04 Å². The van der Waals surface area contributed by atoms with Crippen molar-refractivity contribution in [1.82, 2.24) is 4.31 Å². The summed E-state index contributed by atoms with van der Waals surface area (Å²) < 4.78 is 54.1. The Bertz CT molecular complexity index is 842. The molecule has 3 rings (SSSR count). The SMILES string of the molecule is O=S(=O)(c1cc(F)ccc1F)N1CCC[C@H]1c1ccccc1Cl. The summed E-state index contributed by atoms with van der Waals surface area (Å²) in [6, 6.07) is 8.92. The fraction of sp³-hybridized carbons (Fsp3) is 0.250. The lowest BCUT2D eigenvalue weighted by molar-refractivity contribution is 0.393. The van der Waals surface area contributed by atoms with E-state index in [2.05, 4.69) is 0 Å².